The van der Waals surface area contributed by atoms with Crippen LogP contribution in [0.1, 0.15) is 40.5 Å². The summed E-state index contributed by atoms with van der Waals surface area (Å²) >= 11 is 0. The zero-order valence-corrected chi connectivity index (χ0v) is 31.1. The molecule has 4 aromatic carbocycles. The first-order valence-corrected chi connectivity index (χ1v) is 17.9. The molecule has 4 aromatic rings. The molecule has 0 N–H and O–H groups in total. The van der Waals surface area contributed by atoms with Crippen molar-refractivity contribution in [2.24, 2.45) is 5.11 Å². The quantitative estimate of drug-likeness (QED) is 0.0637. The molecule has 11 nitrogen and oxygen atoms in total. The fourth-order valence-corrected chi connectivity index (χ4v) is 6.80. The van der Waals surface area contributed by atoms with Gasteiger partial charge in [-0.1, -0.05) is 65.8 Å². The second kappa shape index (κ2) is 19.2. The van der Waals surface area contributed by atoms with Crippen molar-refractivity contribution < 1.29 is 72.6 Å². The van der Waals surface area contributed by atoms with Crippen LogP contribution in [0.2, 0.25) is 0 Å². The monoisotopic (exact) mass is 867 g/mol. The van der Waals surface area contributed by atoms with Gasteiger partial charge in [0.15, 0.2) is 0 Å². The lowest BCUT2D eigenvalue weighted by Gasteiger charge is -2.29. The molecule has 0 saturated carbocycles. The molecule has 2 heterocycles. The number of carbonyl (C=O) groups is 4. The van der Waals surface area contributed by atoms with E-state index >= 15 is 0 Å². The number of alkyl halides is 6. The Kier molecular flexibility index (Phi) is 14.3. The van der Waals surface area contributed by atoms with E-state index in [0.29, 0.717) is 51.8 Å². The number of halogens is 10. The number of ether oxygens (including phenoxy) is 2. The van der Waals surface area contributed by atoms with E-state index in [0.717, 1.165) is 5.56 Å². The van der Waals surface area contributed by atoms with Gasteiger partial charge in [0.2, 0.25) is 11.8 Å². The van der Waals surface area contributed by atoms with Crippen molar-refractivity contribution in [2.45, 2.75) is 61.6 Å². The summed E-state index contributed by atoms with van der Waals surface area (Å²) in [6.07, 6.45) is -13.3. The van der Waals surface area contributed by atoms with Crippen LogP contribution >= 0.6 is 0 Å². The zero-order valence-electron chi connectivity index (χ0n) is 31.1. The smallest absolute Gasteiger partial charge is 0.416 e. The summed E-state index contributed by atoms with van der Waals surface area (Å²) < 4.78 is 146. The maximum absolute atomic E-state index is 13.9. The lowest BCUT2D eigenvalue weighted by molar-refractivity contribution is -0.163. The summed E-state index contributed by atoms with van der Waals surface area (Å²) in [5.41, 5.74) is 8.58. The number of azide groups is 1. The average molecular weight is 868 g/mol. The van der Waals surface area contributed by atoms with Crippen molar-refractivity contribution in [2.75, 3.05) is 13.2 Å². The van der Waals surface area contributed by atoms with Crippen molar-refractivity contribution in [3.05, 3.63) is 153 Å². The highest BCUT2D eigenvalue weighted by atomic mass is 19.4. The van der Waals surface area contributed by atoms with Crippen LogP contribution in [0.3, 0.4) is 0 Å². The minimum Gasteiger partial charge on any atom is -0.447 e. The predicted octanol–water partition coefficient (Wildman–Crippen LogP) is 9.47. The van der Waals surface area contributed by atoms with Crippen LogP contribution in [-0.4, -0.2) is 77.5 Å². The van der Waals surface area contributed by atoms with Gasteiger partial charge in [-0.25, -0.2) is 37.0 Å². The Balaban J connectivity index is 0.000000232. The van der Waals surface area contributed by atoms with Gasteiger partial charge in [0.25, 0.3) is 0 Å². The molecular weight excluding hydrogens is 836 g/mol. The Hall–Kier alpha value is -6.63. The number of nitrogens with zero attached hydrogens (tertiary/aromatic N) is 5. The normalized spacial score (nSPS) is 17.9. The average Bonchev–Trinajstić information content (AvgIpc) is 3.72. The highest BCUT2D eigenvalue weighted by Crippen LogP contribution is 2.41. The Morgan fingerprint density at radius 1 is 0.672 bits per heavy atom. The van der Waals surface area contributed by atoms with Gasteiger partial charge in [-0.2, -0.15) is 26.3 Å². The van der Waals surface area contributed by atoms with Gasteiger partial charge < -0.3 is 9.47 Å². The van der Waals surface area contributed by atoms with E-state index in [2.05, 4.69) is 10.0 Å². The van der Waals surface area contributed by atoms with Crippen molar-refractivity contribution in [1.82, 2.24) is 9.80 Å². The summed E-state index contributed by atoms with van der Waals surface area (Å²) in [5, 5.41) is 2.96. The van der Waals surface area contributed by atoms with Crippen molar-refractivity contribution in [1.29, 1.82) is 0 Å². The Labute approximate surface area is 339 Å². The van der Waals surface area contributed by atoms with Crippen LogP contribution in [0.25, 0.3) is 10.4 Å². The largest absolute Gasteiger partial charge is 0.447 e. The molecule has 2 fully saturated rings. The number of imide groups is 2. The van der Waals surface area contributed by atoms with Crippen LogP contribution in [0.15, 0.2) is 102 Å². The molecule has 2 saturated heterocycles. The van der Waals surface area contributed by atoms with E-state index in [1.54, 1.807) is 60.7 Å². The number of carbonyl (C=O) groups excluding carboxylic acids is 4. The maximum atomic E-state index is 13.9. The molecule has 5 atom stereocenters. The minimum atomic E-state index is -5.24. The molecule has 0 spiro atoms. The third-order valence-corrected chi connectivity index (χ3v) is 9.46. The van der Waals surface area contributed by atoms with Gasteiger partial charge in [0.1, 0.15) is 42.5 Å². The number of cyclic esters (lactones) is 2. The third kappa shape index (κ3) is 11.6. The summed E-state index contributed by atoms with van der Waals surface area (Å²) in [6.45, 7) is -0.432. The van der Waals surface area contributed by atoms with E-state index in [1.807, 2.05) is 0 Å². The molecule has 0 aliphatic carbocycles. The standard InChI is InChI=1S/C20H15F5N4O3.C20H16F5NO3/c21-13-7-12(8-14(22)9-13)16(20(23,24)25)17(27-28-26)18(30)29-15(10-32-19(29)31)6-11-4-2-1-3-5-11;21-14-7-13(8-15(22)9-14)17(20(23,24)25)10-18(27)26-16(11-29-19(26)28)6-12-4-2-1-3-5-12/h1-5,7-9,15-17H,6,10H2;1-5,7-9,16-17H,6,10-11H2/t15-,16+,17-;16-,17-/m00/s1. The van der Waals surface area contributed by atoms with Crippen LogP contribution in [0.5, 0.6) is 0 Å². The molecule has 0 bridgehead atoms. The van der Waals surface area contributed by atoms with Gasteiger partial charge in [0, 0.05) is 23.5 Å². The highest BCUT2D eigenvalue weighted by molar-refractivity contribution is 5.97. The van der Waals surface area contributed by atoms with Crippen LogP contribution in [0, 0.1) is 23.3 Å². The molecule has 4 amide bonds. The van der Waals surface area contributed by atoms with Gasteiger partial charge in [-0.05, 0) is 64.9 Å². The summed E-state index contributed by atoms with van der Waals surface area (Å²) in [7, 11) is 0. The molecule has 61 heavy (non-hydrogen) atoms. The van der Waals surface area contributed by atoms with E-state index in [1.165, 1.54) is 0 Å². The number of rotatable bonds is 11. The van der Waals surface area contributed by atoms with Crippen LogP contribution in [0.4, 0.5) is 53.5 Å². The second-order valence-electron chi connectivity index (χ2n) is 13.7. The van der Waals surface area contributed by atoms with Gasteiger partial charge in [0.05, 0.1) is 23.9 Å². The molecule has 21 heteroatoms. The van der Waals surface area contributed by atoms with Crippen molar-refractivity contribution >= 4 is 24.0 Å². The lowest BCUT2D eigenvalue weighted by atomic mass is 9.89. The molecule has 322 valence electrons. The lowest BCUT2D eigenvalue weighted by Crippen LogP contribution is -2.49. The van der Waals surface area contributed by atoms with E-state index in [4.69, 9.17) is 15.0 Å². The number of hydrogen-bond donors (Lipinski definition) is 0. The zero-order chi connectivity index (χ0) is 44.6. The summed E-state index contributed by atoms with van der Waals surface area (Å²) in [4.78, 5) is 53.2. The van der Waals surface area contributed by atoms with Crippen LogP contribution in [-0.2, 0) is 31.9 Å². The first-order valence-electron chi connectivity index (χ1n) is 17.9. The topological polar surface area (TPSA) is 142 Å². The van der Waals surface area contributed by atoms with Gasteiger partial charge >= 0.3 is 24.5 Å². The molecule has 0 radical (unpaired) electrons. The van der Waals surface area contributed by atoms with Gasteiger partial charge in [-0.3, -0.25) is 9.59 Å². The third-order valence-electron chi connectivity index (χ3n) is 9.46. The summed E-state index contributed by atoms with van der Waals surface area (Å²) in [5.74, 6) is -13.0. The summed E-state index contributed by atoms with van der Waals surface area (Å²) in [6, 6.07) is 15.6. The molecule has 0 unspecified atom stereocenters. The Morgan fingerprint density at radius 2 is 1.10 bits per heavy atom. The van der Waals surface area contributed by atoms with Crippen LogP contribution < -0.4 is 0 Å². The van der Waals surface area contributed by atoms with Gasteiger partial charge in [-0.15, -0.1) is 0 Å². The molecule has 6 rings (SSSR count). The fraction of sp³-hybridized carbons (Fsp3) is 0.300. The number of amides is 4. The van der Waals surface area contributed by atoms with Crippen molar-refractivity contribution in [3.8, 4) is 0 Å². The second-order valence-corrected chi connectivity index (χ2v) is 13.7. The first-order chi connectivity index (χ1) is 28.8. The number of hydrogen-bond acceptors (Lipinski definition) is 7. The minimum absolute atomic E-state index is 0.0760. The van der Waals surface area contributed by atoms with E-state index in [9.17, 15) is 63.1 Å². The number of benzene rings is 4. The highest BCUT2D eigenvalue weighted by Gasteiger charge is 2.52. The fourth-order valence-electron chi connectivity index (χ4n) is 6.80. The molecule has 0 aromatic heterocycles. The van der Waals surface area contributed by atoms with E-state index < -0.39 is 107 Å². The SMILES string of the molecule is O=C(C[C@@H](c1cc(F)cc(F)c1)C(F)(F)F)N1C(=O)OC[C@@H]1Cc1ccccc1.[N-]=[N+]=N[C@H](C(=O)N1C(=O)OC[C@@H]1Cc1ccccc1)[C@@H](c1cc(F)cc(F)c1)C(F)(F)F. The Bertz CT molecular complexity index is 2240. The molecule has 2 aliphatic heterocycles. The predicted molar refractivity (Wildman–Crippen MR) is 192 cm³/mol. The van der Waals surface area contributed by atoms with E-state index in [-0.39, 0.29) is 26.1 Å². The van der Waals surface area contributed by atoms with Crippen molar-refractivity contribution in [3.63, 3.8) is 0 Å². The maximum Gasteiger partial charge on any atom is 0.416 e. The Morgan fingerprint density at radius 3 is 1.52 bits per heavy atom. The molecular formula is C40H31F10N5O6. The first kappa shape index (κ1) is 45.5. The molecule has 2 aliphatic rings.